The van der Waals surface area contributed by atoms with Crippen molar-refractivity contribution < 1.29 is 14.3 Å². The molecular formula is C33H39N5O4S. The molecule has 0 amide bonds. The van der Waals surface area contributed by atoms with Crippen LogP contribution in [0, 0.1) is 6.92 Å². The summed E-state index contributed by atoms with van der Waals surface area (Å²) >= 11 is 1.73. The molecule has 0 aliphatic carbocycles. The standard InChI is InChI=1S/C33H39N5O4S/c1-6-24-18-38(20(4)32-28(42-24)10-11-29(39)34-32)17-23-15-22(14-21-12-13-43-33(21)23)26(16-30(40)41-7-2)25-8-9-27-31(19(25)3)35-36-37(27)5/h8-15,20,24,26,35-36H,6-7,16-18H2,1-5H3,(H,34,39)/t20?,24-,26-/m1/s1. The van der Waals surface area contributed by atoms with Gasteiger partial charge in [0.2, 0.25) is 5.56 Å². The summed E-state index contributed by atoms with van der Waals surface area (Å²) in [5.41, 5.74) is 13.6. The van der Waals surface area contributed by atoms with Gasteiger partial charge in [-0.2, -0.15) is 0 Å². The summed E-state index contributed by atoms with van der Waals surface area (Å²) in [4.78, 5) is 30.7. The molecule has 0 saturated carbocycles. The van der Waals surface area contributed by atoms with E-state index in [9.17, 15) is 9.59 Å². The molecule has 2 aliphatic heterocycles. The smallest absolute Gasteiger partial charge is 0.306 e. The lowest BCUT2D eigenvalue weighted by Crippen LogP contribution is -2.34. The predicted molar refractivity (Wildman–Crippen MR) is 172 cm³/mol. The number of ether oxygens (including phenoxy) is 2. The van der Waals surface area contributed by atoms with E-state index >= 15 is 0 Å². The minimum absolute atomic E-state index is 0.00137. The number of carbonyl (C=O) groups excluding carboxylic acids is 1. The summed E-state index contributed by atoms with van der Waals surface area (Å²) in [5, 5.41) is 5.23. The zero-order valence-electron chi connectivity index (χ0n) is 25.3. The largest absolute Gasteiger partial charge is 0.487 e. The molecule has 2 aromatic carbocycles. The highest BCUT2D eigenvalue weighted by Crippen LogP contribution is 2.42. The number of hydrazine groups is 2. The second kappa shape index (κ2) is 12.0. The quantitative estimate of drug-likeness (QED) is 0.212. The van der Waals surface area contributed by atoms with Crippen molar-refractivity contribution in [3.05, 3.63) is 86.1 Å². The lowest BCUT2D eigenvalue weighted by molar-refractivity contribution is -0.143. The number of benzene rings is 2. The van der Waals surface area contributed by atoms with Crippen LogP contribution in [0.4, 0.5) is 11.4 Å². The Morgan fingerprint density at radius 3 is 2.81 bits per heavy atom. The monoisotopic (exact) mass is 601 g/mol. The van der Waals surface area contributed by atoms with Gasteiger partial charge in [-0.1, -0.05) is 19.1 Å². The normalized spacial score (nSPS) is 18.9. The van der Waals surface area contributed by atoms with E-state index in [0.717, 1.165) is 57.9 Å². The highest BCUT2D eigenvalue weighted by atomic mass is 32.1. The number of hydrogen-bond donors (Lipinski definition) is 3. The fourth-order valence-corrected chi connectivity index (χ4v) is 7.25. The van der Waals surface area contributed by atoms with E-state index in [1.54, 1.807) is 17.4 Å². The van der Waals surface area contributed by atoms with Gasteiger partial charge in [0.1, 0.15) is 11.9 Å². The van der Waals surface area contributed by atoms with Crippen molar-refractivity contribution in [3.8, 4) is 5.75 Å². The predicted octanol–water partition coefficient (Wildman–Crippen LogP) is 6.00. The van der Waals surface area contributed by atoms with Gasteiger partial charge in [-0.05, 0) is 84.5 Å². The van der Waals surface area contributed by atoms with E-state index in [-0.39, 0.29) is 36.0 Å². The molecule has 9 nitrogen and oxygen atoms in total. The van der Waals surface area contributed by atoms with E-state index in [1.165, 1.54) is 16.3 Å². The first-order chi connectivity index (χ1) is 20.8. The number of nitrogens with one attached hydrogen (secondary N) is 3. The fraction of sp³-hybridized carbons (Fsp3) is 0.394. The summed E-state index contributed by atoms with van der Waals surface area (Å²) in [6.45, 7) is 9.95. The summed E-state index contributed by atoms with van der Waals surface area (Å²) in [6, 6.07) is 14.1. The highest BCUT2D eigenvalue weighted by Gasteiger charge is 2.30. The first-order valence-corrected chi connectivity index (χ1v) is 15.8. The first kappa shape index (κ1) is 29.2. The van der Waals surface area contributed by atoms with Gasteiger partial charge >= 0.3 is 5.97 Å². The first-order valence-electron chi connectivity index (χ1n) is 15.0. The number of hydrogen-bond acceptors (Lipinski definition) is 9. The van der Waals surface area contributed by atoms with Crippen LogP contribution < -0.4 is 26.3 Å². The number of anilines is 2. The van der Waals surface area contributed by atoms with Crippen molar-refractivity contribution in [2.75, 3.05) is 30.6 Å². The zero-order chi connectivity index (χ0) is 30.2. The topological polar surface area (TPSA) is 98.9 Å². The van der Waals surface area contributed by atoms with E-state index < -0.39 is 0 Å². The van der Waals surface area contributed by atoms with E-state index in [1.807, 2.05) is 19.0 Å². The molecule has 4 aromatic rings. The number of H-pyrrole nitrogens is 1. The zero-order valence-corrected chi connectivity index (χ0v) is 26.1. The second-order valence-corrected chi connectivity index (χ2v) is 12.3. The van der Waals surface area contributed by atoms with E-state index in [2.05, 4.69) is 77.3 Å². The SMILES string of the molecule is CCOC(=O)C[C@H](c1cc(CN2C[C@@H](CC)Oc3ccc(=O)[nH]c3C2C)c2sccc2c1)c1ccc2c(c1C)NNN2C. The van der Waals surface area contributed by atoms with Gasteiger partial charge in [-0.25, -0.2) is 0 Å². The molecule has 2 aliphatic rings. The van der Waals surface area contributed by atoms with Crippen LogP contribution in [0.1, 0.15) is 73.5 Å². The van der Waals surface area contributed by atoms with Crippen LogP contribution in [0.25, 0.3) is 10.1 Å². The molecule has 0 spiro atoms. The number of esters is 1. The Balaban J connectivity index is 1.43. The number of fused-ring (bicyclic) bond motifs is 3. The number of rotatable bonds is 8. The minimum atomic E-state index is -0.216. The molecule has 0 saturated heterocycles. The molecule has 2 aromatic heterocycles. The lowest BCUT2D eigenvalue weighted by Gasteiger charge is -2.29. The second-order valence-electron chi connectivity index (χ2n) is 11.4. The molecule has 43 heavy (non-hydrogen) atoms. The number of thiophene rings is 1. The lowest BCUT2D eigenvalue weighted by atomic mass is 9.84. The van der Waals surface area contributed by atoms with Crippen LogP contribution in [0.3, 0.4) is 0 Å². The van der Waals surface area contributed by atoms with Gasteiger partial charge in [0.15, 0.2) is 0 Å². The van der Waals surface area contributed by atoms with Crippen LogP contribution in [0.5, 0.6) is 5.75 Å². The Morgan fingerprint density at radius 2 is 2.02 bits per heavy atom. The molecular weight excluding hydrogens is 562 g/mol. The molecule has 3 atom stereocenters. The average molecular weight is 602 g/mol. The van der Waals surface area contributed by atoms with Crippen LogP contribution in [-0.2, 0) is 16.1 Å². The van der Waals surface area contributed by atoms with Crippen molar-refractivity contribution >= 4 is 38.8 Å². The van der Waals surface area contributed by atoms with Gasteiger partial charge in [0.25, 0.3) is 0 Å². The molecule has 10 heteroatoms. The molecule has 226 valence electrons. The van der Waals surface area contributed by atoms with Gasteiger partial charge in [-0.3, -0.25) is 19.5 Å². The van der Waals surface area contributed by atoms with Crippen molar-refractivity contribution in [2.45, 2.75) is 65.1 Å². The molecule has 6 rings (SSSR count). The van der Waals surface area contributed by atoms with Gasteiger partial charge in [0, 0.05) is 36.8 Å². The van der Waals surface area contributed by atoms with Gasteiger partial charge < -0.3 is 19.9 Å². The highest BCUT2D eigenvalue weighted by molar-refractivity contribution is 7.17. The number of aromatic nitrogens is 1. The third kappa shape index (κ3) is 5.62. The van der Waals surface area contributed by atoms with Crippen molar-refractivity contribution in [2.24, 2.45) is 0 Å². The number of carbonyl (C=O) groups is 1. The number of pyridine rings is 1. The number of aromatic amines is 1. The van der Waals surface area contributed by atoms with Crippen LogP contribution in [-0.4, -0.2) is 42.2 Å². The number of nitrogens with zero attached hydrogens (tertiary/aromatic N) is 2. The summed E-state index contributed by atoms with van der Waals surface area (Å²) in [7, 11) is 1.97. The summed E-state index contributed by atoms with van der Waals surface area (Å²) in [6.07, 6.45) is 1.10. The van der Waals surface area contributed by atoms with E-state index in [0.29, 0.717) is 13.2 Å². The Hall–Kier alpha value is -3.86. The maximum absolute atomic E-state index is 13.0. The summed E-state index contributed by atoms with van der Waals surface area (Å²) in [5.74, 6) is 0.337. The van der Waals surface area contributed by atoms with Gasteiger partial charge in [0.05, 0.1) is 36.1 Å². The Labute approximate surface area is 255 Å². The fourth-order valence-electron chi connectivity index (χ4n) is 6.36. The maximum atomic E-state index is 13.0. The minimum Gasteiger partial charge on any atom is -0.487 e. The molecule has 0 radical (unpaired) electrons. The van der Waals surface area contributed by atoms with Crippen molar-refractivity contribution in [1.82, 2.24) is 15.4 Å². The Kier molecular flexibility index (Phi) is 8.17. The Morgan fingerprint density at radius 1 is 1.19 bits per heavy atom. The molecule has 0 fully saturated rings. The van der Waals surface area contributed by atoms with Crippen molar-refractivity contribution in [3.63, 3.8) is 0 Å². The maximum Gasteiger partial charge on any atom is 0.306 e. The average Bonchev–Trinajstić information content (AvgIpc) is 3.60. The van der Waals surface area contributed by atoms with Crippen LogP contribution >= 0.6 is 11.3 Å². The molecule has 0 bridgehead atoms. The third-order valence-corrected chi connectivity index (χ3v) is 9.74. The van der Waals surface area contributed by atoms with E-state index in [4.69, 9.17) is 9.47 Å². The Bertz CT molecular complexity index is 1720. The van der Waals surface area contributed by atoms with Crippen LogP contribution in [0.2, 0.25) is 0 Å². The van der Waals surface area contributed by atoms with Crippen LogP contribution in [0.15, 0.2) is 52.6 Å². The molecule has 3 N–H and O–H groups in total. The summed E-state index contributed by atoms with van der Waals surface area (Å²) < 4.78 is 13.0. The third-order valence-electron chi connectivity index (χ3n) is 8.73. The van der Waals surface area contributed by atoms with Crippen molar-refractivity contribution in [1.29, 1.82) is 0 Å². The van der Waals surface area contributed by atoms with Gasteiger partial charge in [-0.15, -0.1) is 16.9 Å². The molecule has 4 heterocycles. The molecule has 1 unspecified atom stereocenters.